The van der Waals surface area contributed by atoms with Crippen molar-refractivity contribution in [2.24, 2.45) is 5.92 Å². The minimum absolute atomic E-state index is 0.143. The van der Waals surface area contributed by atoms with Gasteiger partial charge in [0.2, 0.25) is 23.0 Å². The third-order valence-electron chi connectivity index (χ3n) is 8.92. The summed E-state index contributed by atoms with van der Waals surface area (Å²) in [6.07, 6.45) is 1.78. The van der Waals surface area contributed by atoms with Gasteiger partial charge in [0.1, 0.15) is 12.6 Å². The molecule has 0 saturated heterocycles. The molecule has 0 spiro atoms. The van der Waals surface area contributed by atoms with Crippen LogP contribution in [0.15, 0.2) is 53.3 Å². The van der Waals surface area contributed by atoms with E-state index in [0.717, 1.165) is 11.1 Å². The Kier molecular flexibility index (Phi) is 11.4. The number of anilines is 2. The van der Waals surface area contributed by atoms with Crippen molar-refractivity contribution in [3.8, 4) is 39.8 Å². The van der Waals surface area contributed by atoms with Crippen molar-refractivity contribution in [2.45, 2.75) is 58.7 Å². The number of benzene rings is 2. The number of aryl methyl sites for hydroxylation is 1. The molecule has 3 atom stereocenters. The lowest BCUT2D eigenvalue weighted by atomic mass is 9.95. The molecule has 1 aliphatic rings. The molecule has 5 rings (SSSR count). The van der Waals surface area contributed by atoms with E-state index in [9.17, 15) is 14.4 Å². The van der Waals surface area contributed by atoms with Crippen LogP contribution in [0.2, 0.25) is 0 Å². The summed E-state index contributed by atoms with van der Waals surface area (Å²) >= 11 is 0. The SMILES string of the molecule is CCC(C)C(Nc1ccc2c(cc1=O)C(NC(C)=O)CCc1cc(OC)c(OC)c(OC)c1-2)C(=O)Nc1cccc(-c2n[nH]c(COC)n2)c1. The Morgan fingerprint density at radius 1 is 1.02 bits per heavy atom. The van der Waals surface area contributed by atoms with Crippen LogP contribution in [-0.2, 0) is 27.4 Å². The predicted octanol–water partition coefficient (Wildman–Crippen LogP) is 5.26. The maximum Gasteiger partial charge on any atom is 0.247 e. The van der Waals surface area contributed by atoms with Crippen molar-refractivity contribution in [3.63, 3.8) is 0 Å². The molecule has 13 heteroatoms. The number of nitrogens with one attached hydrogen (secondary N) is 4. The zero-order valence-corrected chi connectivity index (χ0v) is 29.4. The molecule has 13 nitrogen and oxygen atoms in total. The summed E-state index contributed by atoms with van der Waals surface area (Å²) in [6, 6.07) is 13.0. The molecule has 2 amide bonds. The van der Waals surface area contributed by atoms with Gasteiger partial charge in [-0.1, -0.05) is 38.5 Å². The number of ether oxygens (including phenoxy) is 4. The topological polar surface area (TPSA) is 166 Å². The first-order valence-corrected chi connectivity index (χ1v) is 16.5. The summed E-state index contributed by atoms with van der Waals surface area (Å²) in [4.78, 5) is 44.7. The molecule has 4 N–H and O–H groups in total. The van der Waals surface area contributed by atoms with E-state index in [4.69, 9.17) is 18.9 Å². The van der Waals surface area contributed by atoms with Crippen molar-refractivity contribution < 1.29 is 28.5 Å². The minimum Gasteiger partial charge on any atom is -0.493 e. The van der Waals surface area contributed by atoms with Gasteiger partial charge in [-0.15, -0.1) is 0 Å². The van der Waals surface area contributed by atoms with Gasteiger partial charge in [-0.05, 0) is 65.8 Å². The van der Waals surface area contributed by atoms with Gasteiger partial charge in [-0.3, -0.25) is 19.5 Å². The fourth-order valence-electron chi connectivity index (χ4n) is 6.28. The van der Waals surface area contributed by atoms with E-state index in [1.807, 2.05) is 38.1 Å². The summed E-state index contributed by atoms with van der Waals surface area (Å²) in [7, 11) is 6.23. The quantitative estimate of drug-likeness (QED) is 0.146. The summed E-state index contributed by atoms with van der Waals surface area (Å²) in [5.41, 5.74) is 4.16. The maximum absolute atomic E-state index is 14.0. The number of hydrogen-bond donors (Lipinski definition) is 4. The molecular weight excluding hydrogens is 640 g/mol. The molecule has 4 aromatic rings. The third kappa shape index (κ3) is 7.57. The van der Waals surface area contributed by atoms with E-state index in [2.05, 4.69) is 31.1 Å². The Hall–Kier alpha value is -5.43. The molecule has 50 heavy (non-hydrogen) atoms. The zero-order chi connectivity index (χ0) is 35.9. The smallest absolute Gasteiger partial charge is 0.247 e. The zero-order valence-electron chi connectivity index (χ0n) is 29.4. The Morgan fingerprint density at radius 3 is 2.48 bits per heavy atom. The normalized spacial score (nSPS) is 14.7. The van der Waals surface area contributed by atoms with Gasteiger partial charge in [-0.25, -0.2) is 4.98 Å². The minimum atomic E-state index is -0.757. The van der Waals surface area contributed by atoms with Gasteiger partial charge in [-0.2, -0.15) is 5.10 Å². The Labute approximate surface area is 291 Å². The van der Waals surface area contributed by atoms with Crippen molar-refractivity contribution in [1.82, 2.24) is 20.5 Å². The van der Waals surface area contributed by atoms with Gasteiger partial charge >= 0.3 is 0 Å². The highest BCUT2D eigenvalue weighted by molar-refractivity contribution is 5.97. The number of aromatic nitrogens is 3. The number of aromatic amines is 1. The summed E-state index contributed by atoms with van der Waals surface area (Å²) in [5.74, 6) is 1.78. The number of fused-ring (bicyclic) bond motifs is 3. The van der Waals surface area contributed by atoms with Crippen LogP contribution in [0.25, 0.3) is 22.5 Å². The average molecular weight is 685 g/mol. The molecule has 0 bridgehead atoms. The second-order valence-corrected chi connectivity index (χ2v) is 12.2. The van der Waals surface area contributed by atoms with Crippen molar-refractivity contribution in [2.75, 3.05) is 39.1 Å². The standard InChI is InChI=1S/C37H44N6O7/c1-8-20(2)33(37(46)39-24-11-9-10-23(16-24)36-41-31(19-47-4)42-43-36)40-28-15-13-25-26(18-29(28)45)27(38-21(3)44)14-12-22-17-30(48-5)34(49-6)35(50-7)32(22)25/h9-11,13,15-18,20,27,33H,8,12,14,19H2,1-7H3,(H,38,44)(H,39,46)(H,40,45)(H,41,42,43). The fourth-order valence-corrected chi connectivity index (χ4v) is 6.28. The summed E-state index contributed by atoms with van der Waals surface area (Å²) in [6.45, 7) is 5.69. The molecule has 0 radical (unpaired) electrons. The van der Waals surface area contributed by atoms with Crippen LogP contribution in [0, 0.1) is 5.92 Å². The van der Waals surface area contributed by atoms with Gasteiger partial charge in [0, 0.05) is 30.8 Å². The monoisotopic (exact) mass is 684 g/mol. The first-order chi connectivity index (χ1) is 24.1. The van der Waals surface area contributed by atoms with E-state index >= 15 is 0 Å². The first-order valence-electron chi connectivity index (χ1n) is 16.5. The Morgan fingerprint density at radius 2 is 1.80 bits per heavy atom. The largest absolute Gasteiger partial charge is 0.493 e. The molecular formula is C37H44N6O7. The van der Waals surface area contributed by atoms with Crippen LogP contribution in [0.1, 0.15) is 56.6 Å². The molecule has 0 fully saturated rings. The molecule has 3 aromatic carbocycles. The number of methoxy groups -OCH3 is 4. The average Bonchev–Trinajstić information content (AvgIpc) is 3.46. The van der Waals surface area contributed by atoms with Crippen LogP contribution in [0.4, 0.5) is 11.4 Å². The predicted molar refractivity (Wildman–Crippen MR) is 191 cm³/mol. The highest BCUT2D eigenvalue weighted by atomic mass is 16.5. The second-order valence-electron chi connectivity index (χ2n) is 12.2. The molecule has 264 valence electrons. The highest BCUT2D eigenvalue weighted by Crippen LogP contribution is 2.50. The van der Waals surface area contributed by atoms with Gasteiger partial charge in [0.05, 0.1) is 33.1 Å². The Balaban J connectivity index is 1.54. The Bertz CT molecular complexity index is 1930. The van der Waals surface area contributed by atoms with E-state index in [0.29, 0.717) is 77.1 Å². The van der Waals surface area contributed by atoms with Crippen LogP contribution in [-0.4, -0.2) is 61.5 Å². The van der Waals surface area contributed by atoms with Gasteiger partial charge in [0.25, 0.3) is 0 Å². The molecule has 3 unspecified atom stereocenters. The molecule has 1 heterocycles. The number of rotatable bonds is 13. The molecule has 0 aliphatic heterocycles. The maximum atomic E-state index is 14.0. The van der Waals surface area contributed by atoms with Gasteiger partial charge in [0.15, 0.2) is 23.1 Å². The van der Waals surface area contributed by atoms with Crippen molar-refractivity contribution in [3.05, 3.63) is 75.7 Å². The van der Waals surface area contributed by atoms with Crippen LogP contribution >= 0.6 is 0 Å². The van der Waals surface area contributed by atoms with Crippen LogP contribution < -0.4 is 35.6 Å². The first kappa shape index (κ1) is 35.9. The van der Waals surface area contributed by atoms with Crippen LogP contribution in [0.3, 0.4) is 0 Å². The molecule has 1 aromatic heterocycles. The van der Waals surface area contributed by atoms with E-state index in [1.165, 1.54) is 20.1 Å². The van der Waals surface area contributed by atoms with Crippen LogP contribution in [0.5, 0.6) is 17.2 Å². The summed E-state index contributed by atoms with van der Waals surface area (Å²) in [5, 5.41) is 16.4. The summed E-state index contributed by atoms with van der Waals surface area (Å²) < 4.78 is 22.3. The van der Waals surface area contributed by atoms with E-state index in [1.54, 1.807) is 39.5 Å². The number of hydrogen-bond acceptors (Lipinski definition) is 10. The third-order valence-corrected chi connectivity index (χ3v) is 8.92. The number of carbonyl (C=O) groups is 2. The van der Waals surface area contributed by atoms with E-state index < -0.39 is 12.1 Å². The second kappa shape index (κ2) is 15.9. The number of nitrogens with zero attached hydrogens (tertiary/aromatic N) is 2. The lowest BCUT2D eigenvalue weighted by molar-refractivity contribution is -0.120. The molecule has 1 aliphatic carbocycles. The fraction of sp³-hybridized carbons (Fsp3) is 0.378. The number of carbonyl (C=O) groups excluding carboxylic acids is 2. The van der Waals surface area contributed by atoms with Gasteiger partial charge < -0.3 is 34.9 Å². The van der Waals surface area contributed by atoms with E-state index in [-0.39, 0.29) is 28.8 Å². The molecule has 0 saturated carbocycles. The lowest BCUT2D eigenvalue weighted by Gasteiger charge is -2.24. The number of amides is 2. The number of H-pyrrole nitrogens is 1. The van der Waals surface area contributed by atoms with Crippen molar-refractivity contribution >= 4 is 23.2 Å². The lowest BCUT2D eigenvalue weighted by Crippen LogP contribution is -2.40. The highest BCUT2D eigenvalue weighted by Gasteiger charge is 2.30. The van der Waals surface area contributed by atoms with Crippen molar-refractivity contribution in [1.29, 1.82) is 0 Å².